The molecule has 174 valence electrons. The van der Waals surface area contributed by atoms with Crippen LogP contribution in [0.1, 0.15) is 29.3 Å². The zero-order chi connectivity index (χ0) is 24.4. The van der Waals surface area contributed by atoms with E-state index in [9.17, 15) is 9.59 Å². The standard InChI is InChI=1S/C29H24N2O4/c1-3-24(27(32)30-20-12-6-9-18(2)17-20)35-29(33)22-14-8-11-19-10-7-13-21(26(19)22)28-31-23-15-4-5-16-25(23)34-28/h4-17,24H,3H2,1-2H3,(H,30,32). The third kappa shape index (κ3) is 4.51. The number of hydrogen-bond acceptors (Lipinski definition) is 5. The Hall–Kier alpha value is -4.45. The van der Waals surface area contributed by atoms with Gasteiger partial charge in [-0.25, -0.2) is 9.78 Å². The average molecular weight is 465 g/mol. The number of nitrogens with zero attached hydrogens (tertiary/aromatic N) is 1. The molecule has 0 bridgehead atoms. The van der Waals surface area contributed by atoms with Gasteiger partial charge >= 0.3 is 5.97 Å². The number of ether oxygens (including phenoxy) is 1. The van der Waals surface area contributed by atoms with Crippen LogP contribution in [0.2, 0.25) is 0 Å². The maximum Gasteiger partial charge on any atom is 0.339 e. The SMILES string of the molecule is CCC(OC(=O)c1cccc2cccc(-c3nc4ccccc4o3)c12)C(=O)Nc1cccc(C)c1. The van der Waals surface area contributed by atoms with Gasteiger partial charge in [-0.2, -0.15) is 0 Å². The normalized spacial score (nSPS) is 11.9. The molecule has 0 spiro atoms. The van der Waals surface area contributed by atoms with E-state index in [1.165, 1.54) is 0 Å². The second kappa shape index (κ2) is 9.43. The molecule has 1 atom stereocenters. The van der Waals surface area contributed by atoms with Crippen molar-refractivity contribution in [3.63, 3.8) is 0 Å². The predicted octanol–water partition coefficient (Wildman–Crippen LogP) is 6.53. The first-order chi connectivity index (χ1) is 17.0. The van der Waals surface area contributed by atoms with Gasteiger partial charge in [0.05, 0.1) is 5.56 Å². The number of anilines is 1. The Morgan fingerprint density at radius 1 is 0.971 bits per heavy atom. The third-order valence-electron chi connectivity index (χ3n) is 5.85. The molecular formula is C29H24N2O4. The lowest BCUT2D eigenvalue weighted by molar-refractivity contribution is -0.124. The summed E-state index contributed by atoms with van der Waals surface area (Å²) in [5.41, 5.74) is 4.12. The summed E-state index contributed by atoms with van der Waals surface area (Å²) in [4.78, 5) is 30.8. The summed E-state index contributed by atoms with van der Waals surface area (Å²) in [5, 5.41) is 4.35. The van der Waals surface area contributed by atoms with Gasteiger partial charge in [-0.3, -0.25) is 4.79 Å². The molecule has 0 aliphatic rings. The number of nitrogens with one attached hydrogen (secondary N) is 1. The molecule has 1 heterocycles. The Balaban J connectivity index is 1.48. The minimum absolute atomic E-state index is 0.339. The van der Waals surface area contributed by atoms with Crippen molar-refractivity contribution in [1.29, 1.82) is 0 Å². The highest BCUT2D eigenvalue weighted by atomic mass is 16.5. The monoisotopic (exact) mass is 464 g/mol. The van der Waals surface area contributed by atoms with Crippen LogP contribution >= 0.6 is 0 Å². The highest BCUT2D eigenvalue weighted by Crippen LogP contribution is 2.33. The Labute approximate surface area is 202 Å². The molecule has 1 amide bonds. The van der Waals surface area contributed by atoms with Crippen LogP contribution in [0, 0.1) is 6.92 Å². The zero-order valence-electron chi connectivity index (χ0n) is 19.4. The van der Waals surface area contributed by atoms with Crippen molar-refractivity contribution in [1.82, 2.24) is 4.98 Å². The van der Waals surface area contributed by atoms with Crippen molar-refractivity contribution in [3.8, 4) is 11.5 Å². The largest absolute Gasteiger partial charge is 0.449 e. The number of carbonyl (C=O) groups is 2. The van der Waals surface area contributed by atoms with Crippen molar-refractivity contribution >= 4 is 39.4 Å². The molecule has 1 N–H and O–H groups in total. The van der Waals surface area contributed by atoms with E-state index in [4.69, 9.17) is 9.15 Å². The molecule has 6 nitrogen and oxygen atoms in total. The van der Waals surface area contributed by atoms with E-state index >= 15 is 0 Å². The summed E-state index contributed by atoms with van der Waals surface area (Å²) >= 11 is 0. The molecule has 1 aromatic heterocycles. The van der Waals surface area contributed by atoms with Crippen LogP contribution in [0.3, 0.4) is 0 Å². The molecular weight excluding hydrogens is 440 g/mol. The molecule has 0 saturated carbocycles. The van der Waals surface area contributed by atoms with Gasteiger partial charge in [0.25, 0.3) is 5.91 Å². The Morgan fingerprint density at radius 3 is 2.51 bits per heavy atom. The fraction of sp³-hybridized carbons (Fsp3) is 0.138. The first-order valence-electron chi connectivity index (χ1n) is 11.5. The molecule has 0 fully saturated rings. The molecule has 5 rings (SSSR count). The maximum absolute atomic E-state index is 13.3. The lowest BCUT2D eigenvalue weighted by atomic mass is 9.99. The number of aryl methyl sites for hydroxylation is 1. The number of hydrogen-bond donors (Lipinski definition) is 1. The molecule has 4 aromatic carbocycles. The molecule has 0 radical (unpaired) electrons. The number of rotatable bonds is 6. The number of oxazole rings is 1. The number of carbonyl (C=O) groups excluding carboxylic acids is 2. The quantitative estimate of drug-likeness (QED) is 0.289. The fourth-order valence-electron chi connectivity index (χ4n) is 4.14. The van der Waals surface area contributed by atoms with E-state index in [2.05, 4.69) is 10.3 Å². The summed E-state index contributed by atoms with van der Waals surface area (Å²) in [6.45, 7) is 3.75. The molecule has 5 aromatic rings. The van der Waals surface area contributed by atoms with Crippen LogP contribution in [0.15, 0.2) is 89.3 Å². The summed E-state index contributed by atoms with van der Waals surface area (Å²) < 4.78 is 11.7. The van der Waals surface area contributed by atoms with Gasteiger partial charge in [0.2, 0.25) is 5.89 Å². The molecule has 0 aliphatic heterocycles. The smallest absolute Gasteiger partial charge is 0.339 e. The first-order valence-corrected chi connectivity index (χ1v) is 11.5. The van der Waals surface area contributed by atoms with Gasteiger partial charge in [-0.15, -0.1) is 0 Å². The molecule has 35 heavy (non-hydrogen) atoms. The molecule has 0 aliphatic carbocycles. The fourth-order valence-corrected chi connectivity index (χ4v) is 4.14. The van der Waals surface area contributed by atoms with Crippen LogP contribution in [0.5, 0.6) is 0 Å². The van der Waals surface area contributed by atoms with Crippen LogP contribution in [-0.2, 0) is 9.53 Å². The Bertz CT molecular complexity index is 1510. The second-order valence-electron chi connectivity index (χ2n) is 8.36. The van der Waals surface area contributed by atoms with Gasteiger partial charge < -0.3 is 14.5 Å². The average Bonchev–Trinajstić information content (AvgIpc) is 3.30. The van der Waals surface area contributed by atoms with E-state index < -0.39 is 12.1 Å². The maximum atomic E-state index is 13.3. The number of esters is 1. The van der Waals surface area contributed by atoms with Crippen LogP contribution in [0.4, 0.5) is 5.69 Å². The van der Waals surface area contributed by atoms with Crippen molar-refractivity contribution < 1.29 is 18.7 Å². The van der Waals surface area contributed by atoms with Crippen LogP contribution < -0.4 is 5.32 Å². The Morgan fingerprint density at radius 2 is 1.74 bits per heavy atom. The number of para-hydroxylation sites is 2. The molecule has 6 heteroatoms. The summed E-state index contributed by atoms with van der Waals surface area (Å²) in [5.74, 6) is -0.530. The lowest BCUT2D eigenvalue weighted by Crippen LogP contribution is -2.32. The predicted molar refractivity (Wildman–Crippen MR) is 136 cm³/mol. The van der Waals surface area contributed by atoms with Crippen molar-refractivity contribution in [3.05, 3.63) is 96.1 Å². The third-order valence-corrected chi connectivity index (χ3v) is 5.85. The number of amides is 1. The van der Waals surface area contributed by atoms with E-state index in [0.717, 1.165) is 16.5 Å². The lowest BCUT2D eigenvalue weighted by Gasteiger charge is -2.17. The molecule has 0 saturated heterocycles. The van der Waals surface area contributed by atoms with Gasteiger partial charge in [-0.1, -0.05) is 55.5 Å². The van der Waals surface area contributed by atoms with E-state index in [0.29, 0.717) is 40.1 Å². The second-order valence-corrected chi connectivity index (χ2v) is 8.36. The van der Waals surface area contributed by atoms with Crippen molar-refractivity contribution in [2.45, 2.75) is 26.4 Å². The summed E-state index contributed by atoms with van der Waals surface area (Å²) in [6, 6.07) is 26.1. The topological polar surface area (TPSA) is 81.4 Å². The van der Waals surface area contributed by atoms with Crippen molar-refractivity contribution in [2.24, 2.45) is 0 Å². The first kappa shape index (κ1) is 22.3. The number of aromatic nitrogens is 1. The van der Waals surface area contributed by atoms with Gasteiger partial charge in [0.15, 0.2) is 11.7 Å². The van der Waals surface area contributed by atoms with Crippen LogP contribution in [0.25, 0.3) is 33.3 Å². The van der Waals surface area contributed by atoms with E-state index in [1.807, 2.05) is 73.7 Å². The number of fused-ring (bicyclic) bond motifs is 2. The van der Waals surface area contributed by atoms with Gasteiger partial charge in [0.1, 0.15) is 5.52 Å². The highest BCUT2D eigenvalue weighted by Gasteiger charge is 2.25. The Kier molecular flexibility index (Phi) is 6.02. The highest BCUT2D eigenvalue weighted by molar-refractivity contribution is 6.10. The van der Waals surface area contributed by atoms with E-state index in [1.54, 1.807) is 25.1 Å². The zero-order valence-corrected chi connectivity index (χ0v) is 19.4. The number of benzene rings is 4. The van der Waals surface area contributed by atoms with Crippen molar-refractivity contribution in [2.75, 3.05) is 5.32 Å². The minimum Gasteiger partial charge on any atom is -0.449 e. The minimum atomic E-state index is -0.935. The summed E-state index contributed by atoms with van der Waals surface area (Å²) in [7, 11) is 0. The van der Waals surface area contributed by atoms with Gasteiger partial charge in [0, 0.05) is 16.6 Å². The molecule has 1 unspecified atom stereocenters. The van der Waals surface area contributed by atoms with E-state index in [-0.39, 0.29) is 5.91 Å². The summed E-state index contributed by atoms with van der Waals surface area (Å²) in [6.07, 6.45) is -0.596. The van der Waals surface area contributed by atoms with Gasteiger partial charge in [-0.05, 0) is 60.7 Å². The van der Waals surface area contributed by atoms with Crippen LogP contribution in [-0.4, -0.2) is 23.0 Å².